The number of aromatic nitrogens is 1. The van der Waals surface area contributed by atoms with Crippen LogP contribution in [-0.2, 0) is 16.1 Å². The summed E-state index contributed by atoms with van der Waals surface area (Å²) in [7, 11) is 0. The number of nitrogens with zero attached hydrogens (tertiary/aromatic N) is 2. The molecule has 1 aliphatic carbocycles. The van der Waals surface area contributed by atoms with Gasteiger partial charge in [0, 0.05) is 35.6 Å². The lowest BCUT2D eigenvalue weighted by Crippen LogP contribution is -2.46. The molecule has 2 amide bonds. The summed E-state index contributed by atoms with van der Waals surface area (Å²) in [4.78, 5) is 31.8. The Morgan fingerprint density at radius 2 is 2.04 bits per heavy atom. The number of nitrogens with one attached hydrogen (secondary N) is 1. The first-order chi connectivity index (χ1) is 12.2. The summed E-state index contributed by atoms with van der Waals surface area (Å²) >= 11 is 1.60. The van der Waals surface area contributed by atoms with Gasteiger partial charge < -0.3 is 10.2 Å². The molecule has 2 aromatic rings. The van der Waals surface area contributed by atoms with Crippen LogP contribution in [0.3, 0.4) is 0 Å². The highest BCUT2D eigenvalue weighted by molar-refractivity contribution is 7.15. The third-order valence-corrected chi connectivity index (χ3v) is 5.86. The van der Waals surface area contributed by atoms with Crippen molar-refractivity contribution < 1.29 is 9.59 Å². The molecule has 2 heterocycles. The highest BCUT2D eigenvalue weighted by atomic mass is 32.1. The highest BCUT2D eigenvalue weighted by Gasteiger charge is 2.38. The standard InChI is InChI=1S/C19H21N3O2S/c23-17-9-6-14(12-22(17)15-7-8-15)18(24)20-10-16-11-21-19(25-16)13-4-2-1-3-5-13/h1-5,11,14-15H,6-10,12H2,(H,20,24). The van der Waals surface area contributed by atoms with Gasteiger partial charge in [0.25, 0.3) is 0 Å². The number of likely N-dealkylation sites (tertiary alicyclic amines) is 1. The summed E-state index contributed by atoms with van der Waals surface area (Å²) in [5.74, 6) is 0.175. The molecule has 1 atom stereocenters. The van der Waals surface area contributed by atoms with Crippen LogP contribution in [0.2, 0.25) is 0 Å². The molecule has 1 aromatic carbocycles. The molecule has 1 unspecified atom stereocenters. The fourth-order valence-corrected chi connectivity index (χ4v) is 4.10. The Kier molecular flexibility index (Phi) is 4.53. The van der Waals surface area contributed by atoms with Crippen molar-refractivity contribution in [3.63, 3.8) is 0 Å². The molecule has 2 fully saturated rings. The molecule has 2 aliphatic rings. The topological polar surface area (TPSA) is 62.3 Å². The summed E-state index contributed by atoms with van der Waals surface area (Å²) in [6.07, 6.45) is 5.15. The second-order valence-corrected chi connectivity index (χ2v) is 7.84. The van der Waals surface area contributed by atoms with Crippen LogP contribution in [0.1, 0.15) is 30.6 Å². The fourth-order valence-electron chi connectivity index (χ4n) is 3.25. The van der Waals surface area contributed by atoms with E-state index in [2.05, 4.69) is 10.3 Å². The molecular formula is C19H21N3O2S. The molecule has 25 heavy (non-hydrogen) atoms. The normalized spacial score (nSPS) is 20.6. The van der Waals surface area contributed by atoms with Crippen LogP contribution in [0.5, 0.6) is 0 Å². The third-order valence-electron chi connectivity index (χ3n) is 4.81. The maximum atomic E-state index is 12.5. The molecule has 1 aromatic heterocycles. The van der Waals surface area contributed by atoms with Gasteiger partial charge in [-0.25, -0.2) is 4.98 Å². The van der Waals surface area contributed by atoms with Gasteiger partial charge in [-0.3, -0.25) is 9.59 Å². The molecule has 6 heteroatoms. The minimum atomic E-state index is -0.0835. The van der Waals surface area contributed by atoms with Gasteiger partial charge in [-0.05, 0) is 19.3 Å². The second-order valence-electron chi connectivity index (χ2n) is 6.73. The Labute approximate surface area is 151 Å². The van der Waals surface area contributed by atoms with E-state index < -0.39 is 0 Å². The number of hydrogen-bond donors (Lipinski definition) is 1. The van der Waals surface area contributed by atoms with E-state index in [-0.39, 0.29) is 17.7 Å². The van der Waals surface area contributed by atoms with Gasteiger partial charge in [-0.1, -0.05) is 30.3 Å². The summed E-state index contributed by atoms with van der Waals surface area (Å²) in [5, 5.41) is 3.99. The summed E-state index contributed by atoms with van der Waals surface area (Å²) in [6, 6.07) is 10.4. The molecule has 1 aliphatic heterocycles. The maximum Gasteiger partial charge on any atom is 0.225 e. The van der Waals surface area contributed by atoms with Crippen LogP contribution in [0, 0.1) is 5.92 Å². The molecule has 0 radical (unpaired) electrons. The van der Waals surface area contributed by atoms with Crippen molar-refractivity contribution >= 4 is 23.2 Å². The minimum absolute atomic E-state index is 0.0489. The second kappa shape index (κ2) is 6.96. The van der Waals surface area contributed by atoms with Crippen LogP contribution in [0.4, 0.5) is 0 Å². The monoisotopic (exact) mass is 355 g/mol. The van der Waals surface area contributed by atoms with Crippen LogP contribution in [-0.4, -0.2) is 34.3 Å². The number of amides is 2. The Morgan fingerprint density at radius 1 is 1.24 bits per heavy atom. The Bertz CT molecular complexity index is 770. The summed E-state index contributed by atoms with van der Waals surface area (Å²) in [6.45, 7) is 1.07. The summed E-state index contributed by atoms with van der Waals surface area (Å²) in [5.41, 5.74) is 1.09. The van der Waals surface area contributed by atoms with E-state index in [1.54, 1.807) is 11.3 Å². The van der Waals surface area contributed by atoms with Gasteiger partial charge in [0.1, 0.15) is 5.01 Å². The lowest BCUT2D eigenvalue weighted by Gasteiger charge is -2.32. The molecule has 1 saturated carbocycles. The quantitative estimate of drug-likeness (QED) is 0.897. The van der Waals surface area contributed by atoms with Gasteiger partial charge in [0.15, 0.2) is 0 Å². The van der Waals surface area contributed by atoms with E-state index in [0.717, 1.165) is 28.3 Å². The number of carbonyl (C=O) groups excluding carboxylic acids is 2. The van der Waals surface area contributed by atoms with Gasteiger partial charge in [0.2, 0.25) is 11.8 Å². The largest absolute Gasteiger partial charge is 0.351 e. The molecule has 1 saturated heterocycles. The SMILES string of the molecule is O=C(NCc1cnc(-c2ccccc2)s1)C1CCC(=O)N(C2CC2)C1. The molecule has 0 spiro atoms. The lowest BCUT2D eigenvalue weighted by molar-refractivity contribution is -0.138. The molecule has 5 nitrogen and oxygen atoms in total. The first-order valence-electron chi connectivity index (χ1n) is 8.78. The number of thiazole rings is 1. The first kappa shape index (κ1) is 16.3. The van der Waals surface area contributed by atoms with Gasteiger partial charge >= 0.3 is 0 Å². The van der Waals surface area contributed by atoms with E-state index >= 15 is 0 Å². The summed E-state index contributed by atoms with van der Waals surface area (Å²) < 4.78 is 0. The third kappa shape index (κ3) is 3.74. The van der Waals surface area contributed by atoms with Gasteiger partial charge in [-0.2, -0.15) is 0 Å². The highest BCUT2D eigenvalue weighted by Crippen LogP contribution is 2.32. The number of carbonyl (C=O) groups is 2. The van der Waals surface area contributed by atoms with Crippen LogP contribution < -0.4 is 5.32 Å². The Hall–Kier alpha value is -2.21. The number of hydrogen-bond acceptors (Lipinski definition) is 4. The average Bonchev–Trinajstić information content (AvgIpc) is 3.38. The van der Waals surface area contributed by atoms with E-state index in [9.17, 15) is 9.59 Å². The fraction of sp³-hybridized carbons (Fsp3) is 0.421. The lowest BCUT2D eigenvalue weighted by atomic mass is 9.96. The smallest absolute Gasteiger partial charge is 0.225 e. The Balaban J connectivity index is 1.33. The van der Waals surface area contributed by atoms with E-state index in [4.69, 9.17) is 0 Å². The van der Waals surface area contributed by atoms with Crippen molar-refractivity contribution in [3.8, 4) is 10.6 Å². The minimum Gasteiger partial charge on any atom is -0.351 e. The number of rotatable bonds is 5. The molecule has 4 rings (SSSR count). The van der Waals surface area contributed by atoms with Crippen molar-refractivity contribution in [2.45, 2.75) is 38.3 Å². The first-order valence-corrected chi connectivity index (χ1v) is 9.59. The van der Waals surface area contributed by atoms with Crippen molar-refractivity contribution in [1.82, 2.24) is 15.2 Å². The van der Waals surface area contributed by atoms with Gasteiger partial charge in [-0.15, -0.1) is 11.3 Å². The maximum absolute atomic E-state index is 12.5. The molecule has 1 N–H and O–H groups in total. The Morgan fingerprint density at radius 3 is 2.80 bits per heavy atom. The number of piperidine rings is 1. The van der Waals surface area contributed by atoms with E-state index in [1.165, 1.54) is 0 Å². The predicted molar refractivity (Wildman–Crippen MR) is 96.9 cm³/mol. The molecular weight excluding hydrogens is 334 g/mol. The van der Waals surface area contributed by atoms with E-state index in [0.29, 0.717) is 32.0 Å². The number of benzene rings is 1. The average molecular weight is 355 g/mol. The zero-order chi connectivity index (χ0) is 17.2. The van der Waals surface area contributed by atoms with Crippen LogP contribution >= 0.6 is 11.3 Å². The van der Waals surface area contributed by atoms with E-state index in [1.807, 2.05) is 41.4 Å². The van der Waals surface area contributed by atoms with Crippen LogP contribution in [0.15, 0.2) is 36.5 Å². The van der Waals surface area contributed by atoms with Crippen molar-refractivity contribution in [1.29, 1.82) is 0 Å². The van der Waals surface area contributed by atoms with Gasteiger partial charge in [0.05, 0.1) is 12.5 Å². The van der Waals surface area contributed by atoms with Crippen molar-refractivity contribution in [2.24, 2.45) is 5.92 Å². The van der Waals surface area contributed by atoms with Crippen LogP contribution in [0.25, 0.3) is 10.6 Å². The molecule has 130 valence electrons. The van der Waals surface area contributed by atoms with Crippen molar-refractivity contribution in [3.05, 3.63) is 41.4 Å². The molecule has 0 bridgehead atoms. The zero-order valence-corrected chi connectivity index (χ0v) is 14.8. The zero-order valence-electron chi connectivity index (χ0n) is 14.0. The predicted octanol–water partition coefficient (Wildman–Crippen LogP) is 2.83. The van der Waals surface area contributed by atoms with Crippen molar-refractivity contribution in [2.75, 3.05) is 6.54 Å².